The van der Waals surface area contributed by atoms with Crippen molar-refractivity contribution in [1.29, 1.82) is 0 Å². The van der Waals surface area contributed by atoms with E-state index in [1.54, 1.807) is 0 Å². The Kier molecular flexibility index (Phi) is 2.66. The maximum atomic E-state index is 4.52. The third-order valence-corrected chi connectivity index (χ3v) is 2.29. The first kappa shape index (κ1) is 10.5. The molecule has 1 aromatic heterocycles. The Bertz CT molecular complexity index is 326. The summed E-state index contributed by atoms with van der Waals surface area (Å²) in [4.78, 5) is 8.72. The van der Waals surface area contributed by atoms with Crippen molar-refractivity contribution in [2.75, 3.05) is 0 Å². The van der Waals surface area contributed by atoms with Crippen LogP contribution < -0.4 is 0 Å². The number of nitrogens with zero attached hydrogens (tertiary/aromatic N) is 2. The van der Waals surface area contributed by atoms with E-state index in [0.717, 1.165) is 22.8 Å². The normalized spacial score (nSPS) is 11.8. The number of aromatic nitrogens is 2. The fourth-order valence-electron chi connectivity index (χ4n) is 1.36. The van der Waals surface area contributed by atoms with Gasteiger partial charge < -0.3 is 0 Å². The van der Waals surface area contributed by atoms with E-state index in [1.807, 2.05) is 34.6 Å². The summed E-state index contributed by atoms with van der Waals surface area (Å²) >= 11 is 4.52. The highest BCUT2D eigenvalue weighted by Gasteiger charge is 2.20. The van der Waals surface area contributed by atoms with Crippen LogP contribution in [0.4, 0.5) is 0 Å². The molecule has 0 bridgehead atoms. The minimum atomic E-state index is -0.192. The van der Waals surface area contributed by atoms with E-state index in [9.17, 15) is 0 Å². The molecule has 0 aliphatic heterocycles. The maximum absolute atomic E-state index is 4.52. The largest absolute Gasteiger partial charge is 0.238 e. The number of rotatable bonds is 1. The van der Waals surface area contributed by atoms with Crippen molar-refractivity contribution < 1.29 is 0 Å². The molecule has 0 aliphatic carbocycles. The molecule has 1 rings (SSSR count). The number of aryl methyl sites for hydroxylation is 2. The molecule has 13 heavy (non-hydrogen) atoms. The van der Waals surface area contributed by atoms with Crippen molar-refractivity contribution >= 4 is 12.6 Å². The second kappa shape index (κ2) is 3.29. The second-order valence-corrected chi connectivity index (χ2v) is 5.01. The number of thiol groups is 1. The second-order valence-electron chi connectivity index (χ2n) is 3.89. The van der Waals surface area contributed by atoms with Crippen LogP contribution in [0.3, 0.4) is 0 Å². The van der Waals surface area contributed by atoms with Crippen LogP contribution in [-0.4, -0.2) is 9.97 Å². The van der Waals surface area contributed by atoms with Crippen molar-refractivity contribution in [2.45, 2.75) is 39.4 Å². The Labute approximate surface area is 85.2 Å². The van der Waals surface area contributed by atoms with Gasteiger partial charge in [-0.2, -0.15) is 12.6 Å². The third-order valence-electron chi connectivity index (χ3n) is 2.08. The van der Waals surface area contributed by atoms with Gasteiger partial charge in [-0.05, 0) is 40.2 Å². The zero-order valence-electron chi connectivity index (χ0n) is 8.84. The first-order chi connectivity index (χ1) is 5.82. The Balaban J connectivity index is 3.37. The molecule has 72 valence electrons. The van der Waals surface area contributed by atoms with Crippen molar-refractivity contribution in [3.8, 4) is 0 Å². The molecule has 0 saturated carbocycles. The number of hydrogen-bond acceptors (Lipinski definition) is 3. The lowest BCUT2D eigenvalue weighted by Crippen LogP contribution is -2.15. The van der Waals surface area contributed by atoms with Gasteiger partial charge in [0.25, 0.3) is 0 Å². The van der Waals surface area contributed by atoms with E-state index in [-0.39, 0.29) is 4.75 Å². The highest BCUT2D eigenvalue weighted by Crippen LogP contribution is 2.28. The minimum absolute atomic E-state index is 0.192. The van der Waals surface area contributed by atoms with Crippen molar-refractivity contribution in [3.05, 3.63) is 22.8 Å². The summed E-state index contributed by atoms with van der Waals surface area (Å²) < 4.78 is -0.192. The summed E-state index contributed by atoms with van der Waals surface area (Å²) in [5, 5.41) is 0. The highest BCUT2D eigenvalue weighted by molar-refractivity contribution is 7.81. The first-order valence-corrected chi connectivity index (χ1v) is 4.82. The fraction of sp³-hybridized carbons (Fsp3) is 0.600. The Morgan fingerprint density at radius 3 is 2.08 bits per heavy atom. The summed E-state index contributed by atoms with van der Waals surface area (Å²) in [5.74, 6) is 0.820. The van der Waals surface area contributed by atoms with Gasteiger partial charge in [-0.1, -0.05) is 0 Å². The van der Waals surface area contributed by atoms with Crippen LogP contribution in [0.5, 0.6) is 0 Å². The molecule has 0 saturated heterocycles. The maximum Gasteiger partial charge on any atom is 0.125 e. The number of hydrogen-bond donors (Lipinski definition) is 1. The lowest BCUT2D eigenvalue weighted by atomic mass is 10.0. The van der Waals surface area contributed by atoms with Gasteiger partial charge in [0, 0.05) is 10.4 Å². The summed E-state index contributed by atoms with van der Waals surface area (Å²) in [5.41, 5.74) is 3.22. The molecule has 0 aliphatic rings. The van der Waals surface area contributed by atoms with E-state index in [4.69, 9.17) is 0 Å². The van der Waals surface area contributed by atoms with Crippen LogP contribution in [-0.2, 0) is 4.75 Å². The Morgan fingerprint density at radius 1 is 1.08 bits per heavy atom. The van der Waals surface area contributed by atoms with Crippen LogP contribution >= 0.6 is 12.6 Å². The van der Waals surface area contributed by atoms with Crippen LogP contribution in [0.2, 0.25) is 0 Å². The van der Waals surface area contributed by atoms with Crippen molar-refractivity contribution in [2.24, 2.45) is 0 Å². The van der Waals surface area contributed by atoms with E-state index in [0.29, 0.717) is 0 Å². The SMILES string of the molecule is Cc1nc(C)c(C)c(C(C)(C)S)n1. The van der Waals surface area contributed by atoms with E-state index in [1.165, 1.54) is 0 Å². The Morgan fingerprint density at radius 2 is 1.62 bits per heavy atom. The monoisotopic (exact) mass is 196 g/mol. The molecule has 1 aromatic rings. The van der Waals surface area contributed by atoms with Gasteiger partial charge in [-0.25, -0.2) is 9.97 Å². The van der Waals surface area contributed by atoms with E-state index in [2.05, 4.69) is 22.6 Å². The smallest absolute Gasteiger partial charge is 0.125 e. The molecule has 0 amide bonds. The minimum Gasteiger partial charge on any atom is -0.238 e. The molecule has 0 fully saturated rings. The van der Waals surface area contributed by atoms with Gasteiger partial charge in [0.05, 0.1) is 5.69 Å². The fourth-order valence-corrected chi connectivity index (χ4v) is 1.58. The molecule has 0 aromatic carbocycles. The van der Waals surface area contributed by atoms with E-state index >= 15 is 0 Å². The molecular weight excluding hydrogens is 180 g/mol. The van der Waals surface area contributed by atoms with E-state index < -0.39 is 0 Å². The summed E-state index contributed by atoms with van der Waals surface area (Å²) in [6.07, 6.45) is 0. The molecule has 2 nitrogen and oxygen atoms in total. The average molecular weight is 196 g/mol. The van der Waals surface area contributed by atoms with Crippen LogP contribution in [0.15, 0.2) is 0 Å². The van der Waals surface area contributed by atoms with Gasteiger partial charge in [-0.15, -0.1) is 0 Å². The Hall–Kier alpha value is -0.570. The third kappa shape index (κ3) is 2.21. The van der Waals surface area contributed by atoms with Crippen molar-refractivity contribution in [3.63, 3.8) is 0 Å². The zero-order chi connectivity index (χ0) is 10.2. The molecule has 3 heteroatoms. The first-order valence-electron chi connectivity index (χ1n) is 4.37. The summed E-state index contributed by atoms with van der Waals surface area (Å²) in [6.45, 7) is 10.1. The molecule has 0 N–H and O–H groups in total. The van der Waals surface area contributed by atoms with Gasteiger partial charge in [-0.3, -0.25) is 0 Å². The molecule has 0 spiro atoms. The molecule has 0 atom stereocenters. The lowest BCUT2D eigenvalue weighted by molar-refractivity contribution is 0.725. The standard InChI is InChI=1S/C10H16N2S/c1-6-7(2)11-8(3)12-9(6)10(4,5)13/h13H,1-5H3. The van der Waals surface area contributed by atoms with Crippen LogP contribution in [0, 0.1) is 20.8 Å². The average Bonchev–Trinajstić information content (AvgIpc) is 1.94. The lowest BCUT2D eigenvalue weighted by Gasteiger charge is -2.20. The zero-order valence-corrected chi connectivity index (χ0v) is 9.74. The topological polar surface area (TPSA) is 25.8 Å². The van der Waals surface area contributed by atoms with Gasteiger partial charge in [0.1, 0.15) is 5.82 Å². The van der Waals surface area contributed by atoms with Crippen LogP contribution in [0.25, 0.3) is 0 Å². The molecular formula is C10H16N2S. The van der Waals surface area contributed by atoms with Gasteiger partial charge in [0.15, 0.2) is 0 Å². The van der Waals surface area contributed by atoms with Gasteiger partial charge >= 0.3 is 0 Å². The van der Waals surface area contributed by atoms with Gasteiger partial charge in [0.2, 0.25) is 0 Å². The van der Waals surface area contributed by atoms with Crippen molar-refractivity contribution in [1.82, 2.24) is 9.97 Å². The predicted molar refractivity (Wildman–Crippen MR) is 58.3 cm³/mol. The molecule has 0 unspecified atom stereocenters. The quantitative estimate of drug-likeness (QED) is 0.699. The van der Waals surface area contributed by atoms with Crippen LogP contribution in [0.1, 0.15) is 36.6 Å². The molecule has 1 heterocycles. The molecule has 0 radical (unpaired) electrons. The summed E-state index contributed by atoms with van der Waals surface area (Å²) in [6, 6.07) is 0. The summed E-state index contributed by atoms with van der Waals surface area (Å²) in [7, 11) is 0. The highest BCUT2D eigenvalue weighted by atomic mass is 32.1. The predicted octanol–water partition coefficient (Wildman–Crippen LogP) is 2.57.